The molecule has 0 saturated carbocycles. The molecule has 1 heterocycles. The minimum atomic E-state index is 0.00359. The zero-order valence-corrected chi connectivity index (χ0v) is 18.5. The predicted octanol–water partition coefficient (Wildman–Crippen LogP) is 5.47. The Labute approximate surface area is 176 Å². The lowest BCUT2D eigenvalue weighted by molar-refractivity contribution is 0.234. The Morgan fingerprint density at radius 3 is 2.64 bits per heavy atom. The number of hydrazone groups is 1. The van der Waals surface area contributed by atoms with Crippen LogP contribution in [0.2, 0.25) is 0 Å². The van der Waals surface area contributed by atoms with E-state index in [9.17, 15) is 5.11 Å². The summed E-state index contributed by atoms with van der Waals surface area (Å²) in [7, 11) is 1.90. The number of aliphatic imine (C=N–C) groups is 1. The summed E-state index contributed by atoms with van der Waals surface area (Å²) in [4.78, 5) is 4.34. The van der Waals surface area contributed by atoms with Crippen LogP contribution in [0.3, 0.4) is 0 Å². The van der Waals surface area contributed by atoms with Gasteiger partial charge in [0.05, 0.1) is 17.1 Å². The maximum Gasteiger partial charge on any atom is 0.333 e. The third-order valence-corrected chi connectivity index (χ3v) is 4.83. The van der Waals surface area contributed by atoms with Crippen molar-refractivity contribution in [2.45, 2.75) is 32.7 Å². The van der Waals surface area contributed by atoms with Gasteiger partial charge in [0, 0.05) is 19.2 Å². The number of aliphatic hydroxyl groups excluding tert-OH is 1. The molecule has 152 valence electrons. The van der Waals surface area contributed by atoms with Crippen LogP contribution < -0.4 is 0 Å². The topological polar surface area (TPSA) is 57.4 Å². The molecule has 2 atom stereocenters. The molecule has 28 heavy (non-hydrogen) atoms. The Morgan fingerprint density at radius 1 is 1.36 bits per heavy atom. The summed E-state index contributed by atoms with van der Waals surface area (Å²) in [5, 5.41) is 16.0. The van der Waals surface area contributed by atoms with Crippen molar-refractivity contribution < 1.29 is 9.84 Å². The molecule has 1 aromatic carbocycles. The van der Waals surface area contributed by atoms with Crippen molar-refractivity contribution in [2.75, 3.05) is 13.7 Å². The molecule has 0 fully saturated rings. The molecule has 0 aromatic heterocycles. The largest absolute Gasteiger partial charge is 0.507 e. The monoisotopic (exact) mass is 447 g/mol. The van der Waals surface area contributed by atoms with Gasteiger partial charge < -0.3 is 9.84 Å². The Kier molecular flexibility index (Phi) is 11.0. The van der Waals surface area contributed by atoms with Crippen LogP contribution in [0.4, 0.5) is 0 Å². The maximum atomic E-state index is 9.74. The smallest absolute Gasteiger partial charge is 0.333 e. The van der Waals surface area contributed by atoms with Crippen LogP contribution in [-0.2, 0) is 11.2 Å². The molecule has 5 nitrogen and oxygen atoms in total. The summed E-state index contributed by atoms with van der Waals surface area (Å²) in [6.45, 7) is 10.4. The molecule has 1 aromatic rings. The summed E-state index contributed by atoms with van der Waals surface area (Å²) in [6, 6.07) is 10.7. The summed E-state index contributed by atoms with van der Waals surface area (Å²) in [6.07, 6.45) is 7.32. The third-order valence-electron chi connectivity index (χ3n) is 4.16. The van der Waals surface area contributed by atoms with Crippen LogP contribution in [0, 0.1) is 5.92 Å². The lowest BCUT2D eigenvalue weighted by Crippen LogP contribution is -2.38. The number of aliphatic hydroxyl groups is 1. The average Bonchev–Trinajstić information content (AvgIpc) is 2.72. The van der Waals surface area contributed by atoms with Crippen LogP contribution in [0.5, 0.6) is 0 Å². The van der Waals surface area contributed by atoms with Gasteiger partial charge in [-0.2, -0.15) is 0 Å². The van der Waals surface area contributed by atoms with E-state index in [4.69, 9.17) is 4.74 Å². The zero-order chi connectivity index (χ0) is 20.9. The molecule has 0 spiro atoms. The molecule has 0 radical (unpaired) electrons. The quantitative estimate of drug-likeness (QED) is 0.261. The molecule has 0 bridgehead atoms. The highest BCUT2D eigenvalue weighted by Crippen LogP contribution is 2.21. The number of aryl methyl sites for hydroxylation is 1. The highest BCUT2D eigenvalue weighted by molar-refractivity contribution is 9.11. The molecule has 2 unspecified atom stereocenters. The number of amidine groups is 1. The maximum absolute atomic E-state index is 9.74. The Bertz CT molecular complexity index is 714. The second-order valence-corrected chi connectivity index (χ2v) is 7.06. The number of hydrogen-bond donors (Lipinski definition) is 1. The van der Waals surface area contributed by atoms with Gasteiger partial charge in [0.25, 0.3) is 0 Å². The number of benzene rings is 1. The summed E-state index contributed by atoms with van der Waals surface area (Å²) >= 11 is 3.38. The summed E-state index contributed by atoms with van der Waals surface area (Å²) in [5.74, 6) is 0.335. The minimum Gasteiger partial charge on any atom is -0.507 e. The standard InChI is InChI=1S/C20H26BrN3O2.C2H4/c1-4-19(25)17(21)13-15(2)18-14-22-20(23-24(18)3)26-12-8-11-16-9-6-5-7-10-16;1-2/h4-7,9-10,13-15,18,25H,8,11-12H2,1-3H3;1-2H2/b17-13+,19-4+;. The van der Waals surface area contributed by atoms with Gasteiger partial charge in [-0.1, -0.05) is 43.3 Å². The van der Waals surface area contributed by atoms with E-state index in [1.54, 1.807) is 13.0 Å². The van der Waals surface area contributed by atoms with Crippen molar-refractivity contribution in [3.63, 3.8) is 0 Å². The van der Waals surface area contributed by atoms with E-state index in [2.05, 4.69) is 58.2 Å². The van der Waals surface area contributed by atoms with E-state index in [1.165, 1.54) is 5.56 Å². The van der Waals surface area contributed by atoms with Crippen LogP contribution in [-0.4, -0.2) is 42.0 Å². The Balaban J connectivity index is 0.00000190. The van der Waals surface area contributed by atoms with E-state index in [0.717, 1.165) is 12.8 Å². The van der Waals surface area contributed by atoms with Crippen molar-refractivity contribution in [1.82, 2.24) is 5.01 Å². The van der Waals surface area contributed by atoms with Crippen LogP contribution in [0.1, 0.15) is 25.8 Å². The third kappa shape index (κ3) is 7.72. The summed E-state index contributed by atoms with van der Waals surface area (Å²) in [5.41, 5.74) is 1.30. The average molecular weight is 448 g/mol. The number of ether oxygens (including phenoxy) is 1. The second-order valence-electron chi connectivity index (χ2n) is 6.21. The van der Waals surface area contributed by atoms with E-state index in [-0.39, 0.29) is 17.7 Å². The fourth-order valence-electron chi connectivity index (χ4n) is 2.64. The fourth-order valence-corrected chi connectivity index (χ4v) is 3.29. The molecule has 1 aliphatic rings. The molecule has 1 N–H and O–H groups in total. The number of allylic oxidation sites excluding steroid dienone is 2. The molecule has 0 saturated heterocycles. The number of rotatable bonds is 7. The lowest BCUT2D eigenvalue weighted by atomic mass is 10.0. The fraction of sp³-hybridized carbons (Fsp3) is 0.364. The van der Waals surface area contributed by atoms with Gasteiger partial charge in [0.15, 0.2) is 0 Å². The highest BCUT2D eigenvalue weighted by atomic mass is 79.9. The molecule has 0 amide bonds. The molecular formula is C22H30BrN3O2. The van der Waals surface area contributed by atoms with Gasteiger partial charge in [-0.05, 0) is 47.3 Å². The van der Waals surface area contributed by atoms with Crippen LogP contribution in [0.15, 0.2) is 76.0 Å². The normalized spacial score (nSPS) is 18.1. The van der Waals surface area contributed by atoms with Gasteiger partial charge >= 0.3 is 6.02 Å². The number of hydrogen-bond acceptors (Lipinski definition) is 5. The van der Waals surface area contributed by atoms with Crippen molar-refractivity contribution in [1.29, 1.82) is 0 Å². The number of halogens is 1. The highest BCUT2D eigenvalue weighted by Gasteiger charge is 2.22. The Morgan fingerprint density at radius 2 is 2.04 bits per heavy atom. The predicted molar refractivity (Wildman–Crippen MR) is 122 cm³/mol. The molecule has 1 aliphatic heterocycles. The van der Waals surface area contributed by atoms with Gasteiger partial charge in [-0.25, -0.2) is 4.99 Å². The zero-order valence-electron chi connectivity index (χ0n) is 16.9. The van der Waals surface area contributed by atoms with Crippen molar-refractivity contribution in [3.8, 4) is 0 Å². The molecule has 2 rings (SSSR count). The van der Waals surface area contributed by atoms with Crippen molar-refractivity contribution in [3.05, 3.63) is 71.4 Å². The van der Waals surface area contributed by atoms with Gasteiger partial charge in [0.2, 0.25) is 0 Å². The first-order valence-electron chi connectivity index (χ1n) is 9.26. The van der Waals surface area contributed by atoms with Gasteiger partial charge in [-0.15, -0.1) is 18.3 Å². The van der Waals surface area contributed by atoms with Crippen molar-refractivity contribution >= 4 is 28.2 Å². The minimum absolute atomic E-state index is 0.00359. The lowest BCUT2D eigenvalue weighted by Gasteiger charge is -2.29. The molecule has 6 heteroatoms. The van der Waals surface area contributed by atoms with E-state index in [0.29, 0.717) is 17.1 Å². The first kappa shape index (κ1) is 23.7. The van der Waals surface area contributed by atoms with Gasteiger partial charge in [-0.3, -0.25) is 5.01 Å². The Hall–Kier alpha value is -2.34. The first-order valence-corrected chi connectivity index (χ1v) is 10.1. The summed E-state index contributed by atoms with van der Waals surface area (Å²) < 4.78 is 6.34. The second kappa shape index (κ2) is 12.9. The first-order chi connectivity index (χ1) is 13.5. The molecular weight excluding hydrogens is 418 g/mol. The van der Waals surface area contributed by atoms with E-state index in [1.807, 2.05) is 42.5 Å². The molecule has 0 aliphatic carbocycles. The SMILES string of the molecule is C/C=C(O)\C(Br)=C/C(C)C1C=NC(OCCCc2ccccc2)=NN1C.C=C. The van der Waals surface area contributed by atoms with E-state index >= 15 is 0 Å². The van der Waals surface area contributed by atoms with Crippen LogP contribution in [0.25, 0.3) is 0 Å². The van der Waals surface area contributed by atoms with Gasteiger partial charge in [0.1, 0.15) is 5.76 Å². The number of nitrogens with zero attached hydrogens (tertiary/aromatic N) is 3. The van der Waals surface area contributed by atoms with Crippen molar-refractivity contribution in [2.24, 2.45) is 16.0 Å². The van der Waals surface area contributed by atoms with Crippen LogP contribution >= 0.6 is 15.9 Å². The van der Waals surface area contributed by atoms with E-state index < -0.39 is 0 Å².